The van der Waals surface area contributed by atoms with Crippen LogP contribution in [0.15, 0.2) is 18.2 Å². The molecule has 1 aromatic rings. The van der Waals surface area contributed by atoms with Gasteiger partial charge in [0.05, 0.1) is 18.6 Å². The minimum Gasteiger partial charge on any atom is -0.383 e. The van der Waals surface area contributed by atoms with Crippen molar-refractivity contribution in [1.29, 1.82) is 0 Å². The average Bonchev–Trinajstić information content (AvgIpc) is 2.94. The molecule has 1 atom stereocenters. The van der Waals surface area contributed by atoms with Crippen molar-refractivity contribution in [3.8, 4) is 0 Å². The minimum absolute atomic E-state index is 0.0190. The third-order valence-corrected chi connectivity index (χ3v) is 4.92. The summed E-state index contributed by atoms with van der Waals surface area (Å²) < 4.78 is 31.6. The van der Waals surface area contributed by atoms with E-state index < -0.39 is 11.6 Å². The van der Waals surface area contributed by atoms with Gasteiger partial charge < -0.3 is 15.0 Å². The molecule has 3 rings (SSSR count). The van der Waals surface area contributed by atoms with E-state index in [2.05, 4.69) is 5.32 Å². The Labute approximate surface area is 151 Å². The van der Waals surface area contributed by atoms with E-state index in [1.807, 2.05) is 4.90 Å². The summed E-state index contributed by atoms with van der Waals surface area (Å²) in [6.07, 6.45) is 0.224. The Kier molecular flexibility index (Phi) is 5.83. The lowest BCUT2D eigenvalue weighted by Gasteiger charge is -2.44. The Balaban J connectivity index is 1.46. The first-order valence-electron chi connectivity index (χ1n) is 8.70. The second kappa shape index (κ2) is 8.09. The molecule has 2 saturated heterocycles. The predicted octanol–water partition coefficient (Wildman–Crippen LogP) is 0.760. The van der Waals surface area contributed by atoms with Gasteiger partial charge in [0.25, 0.3) is 0 Å². The van der Waals surface area contributed by atoms with Crippen LogP contribution in [-0.4, -0.2) is 67.6 Å². The highest BCUT2D eigenvalue weighted by atomic mass is 19.1. The van der Waals surface area contributed by atoms with Crippen LogP contribution in [-0.2, 0) is 20.9 Å². The summed E-state index contributed by atoms with van der Waals surface area (Å²) in [6.45, 7) is 2.92. The van der Waals surface area contributed by atoms with Crippen molar-refractivity contribution < 1.29 is 23.1 Å². The standard InChI is InChI=1S/C18H23F2N3O3/c1-26-5-4-21-18(25)13-6-17(24)23(9-13)15-10-22(11-15)8-12-2-3-14(19)7-16(12)20/h2-3,7,13,15H,4-6,8-11H2,1H3,(H,21,25). The lowest BCUT2D eigenvalue weighted by atomic mass is 10.1. The van der Waals surface area contributed by atoms with Crippen molar-refractivity contribution in [2.75, 3.05) is 39.9 Å². The Morgan fingerprint density at radius 2 is 2.08 bits per heavy atom. The monoisotopic (exact) mass is 367 g/mol. The normalized spacial score (nSPS) is 21.1. The number of amides is 2. The number of halogens is 2. The molecular weight excluding hydrogens is 344 g/mol. The molecule has 2 aliphatic heterocycles. The van der Waals surface area contributed by atoms with E-state index in [1.165, 1.54) is 12.1 Å². The van der Waals surface area contributed by atoms with Crippen molar-refractivity contribution in [3.05, 3.63) is 35.4 Å². The van der Waals surface area contributed by atoms with Crippen molar-refractivity contribution >= 4 is 11.8 Å². The van der Waals surface area contributed by atoms with Gasteiger partial charge in [0.2, 0.25) is 11.8 Å². The van der Waals surface area contributed by atoms with Crippen LogP contribution in [0.4, 0.5) is 8.78 Å². The van der Waals surface area contributed by atoms with Crippen LogP contribution in [0.3, 0.4) is 0 Å². The summed E-state index contributed by atoms with van der Waals surface area (Å²) in [5, 5.41) is 2.77. The first kappa shape index (κ1) is 18.7. The number of ether oxygens (including phenoxy) is 1. The molecule has 6 nitrogen and oxygen atoms in total. The van der Waals surface area contributed by atoms with Gasteiger partial charge in [-0.1, -0.05) is 6.07 Å². The summed E-state index contributed by atoms with van der Waals surface area (Å²) in [5.41, 5.74) is 0.438. The highest BCUT2D eigenvalue weighted by molar-refractivity contribution is 5.89. The maximum Gasteiger partial charge on any atom is 0.225 e. The molecular formula is C18H23F2N3O3. The number of rotatable bonds is 7. The summed E-state index contributed by atoms with van der Waals surface area (Å²) in [6, 6.07) is 3.61. The average molecular weight is 367 g/mol. The topological polar surface area (TPSA) is 61.9 Å². The highest BCUT2D eigenvalue weighted by Gasteiger charge is 2.42. The number of carbonyl (C=O) groups is 2. The van der Waals surface area contributed by atoms with Crippen LogP contribution in [0.5, 0.6) is 0 Å². The number of methoxy groups -OCH3 is 1. The van der Waals surface area contributed by atoms with Gasteiger partial charge >= 0.3 is 0 Å². The second-order valence-electron chi connectivity index (χ2n) is 6.81. The fourth-order valence-corrected chi connectivity index (χ4v) is 3.44. The van der Waals surface area contributed by atoms with Gasteiger partial charge in [0.1, 0.15) is 11.6 Å². The van der Waals surface area contributed by atoms with Crippen molar-refractivity contribution in [2.24, 2.45) is 5.92 Å². The Morgan fingerprint density at radius 1 is 1.31 bits per heavy atom. The third-order valence-electron chi connectivity index (χ3n) is 4.92. The third kappa shape index (κ3) is 4.19. The van der Waals surface area contributed by atoms with Crippen molar-refractivity contribution in [1.82, 2.24) is 15.1 Å². The zero-order chi connectivity index (χ0) is 18.7. The molecule has 0 aromatic heterocycles. The lowest BCUT2D eigenvalue weighted by molar-refractivity contribution is -0.133. The highest BCUT2D eigenvalue weighted by Crippen LogP contribution is 2.26. The number of nitrogens with zero attached hydrogens (tertiary/aromatic N) is 2. The molecule has 142 valence electrons. The summed E-state index contributed by atoms with van der Waals surface area (Å²) >= 11 is 0. The van der Waals surface area contributed by atoms with Gasteiger partial charge in [-0.25, -0.2) is 8.78 Å². The second-order valence-corrected chi connectivity index (χ2v) is 6.81. The van der Waals surface area contributed by atoms with E-state index >= 15 is 0 Å². The molecule has 2 aliphatic rings. The maximum absolute atomic E-state index is 13.7. The fourth-order valence-electron chi connectivity index (χ4n) is 3.44. The molecule has 1 aromatic carbocycles. The van der Waals surface area contributed by atoms with Crippen LogP contribution in [0.1, 0.15) is 12.0 Å². The molecule has 1 N–H and O–H groups in total. The van der Waals surface area contributed by atoms with E-state index in [9.17, 15) is 18.4 Å². The van der Waals surface area contributed by atoms with E-state index in [1.54, 1.807) is 12.0 Å². The summed E-state index contributed by atoms with van der Waals surface area (Å²) in [7, 11) is 1.56. The fraction of sp³-hybridized carbons (Fsp3) is 0.556. The van der Waals surface area contributed by atoms with E-state index in [-0.39, 0.29) is 30.2 Å². The molecule has 26 heavy (non-hydrogen) atoms. The van der Waals surface area contributed by atoms with Crippen LogP contribution >= 0.6 is 0 Å². The number of hydrogen-bond acceptors (Lipinski definition) is 4. The van der Waals surface area contributed by atoms with Gasteiger partial charge in [0, 0.05) is 57.9 Å². The number of hydrogen-bond donors (Lipinski definition) is 1. The molecule has 1 unspecified atom stereocenters. The molecule has 8 heteroatoms. The van der Waals surface area contributed by atoms with Crippen molar-refractivity contribution in [2.45, 2.75) is 19.0 Å². The van der Waals surface area contributed by atoms with Crippen LogP contribution < -0.4 is 5.32 Å². The van der Waals surface area contributed by atoms with Crippen LogP contribution in [0, 0.1) is 17.6 Å². The first-order chi connectivity index (χ1) is 12.5. The Hall–Kier alpha value is -2.06. The van der Waals surface area contributed by atoms with E-state index in [0.29, 0.717) is 44.9 Å². The molecule has 0 radical (unpaired) electrons. The molecule has 0 spiro atoms. The predicted molar refractivity (Wildman–Crippen MR) is 90.1 cm³/mol. The quantitative estimate of drug-likeness (QED) is 0.723. The van der Waals surface area contributed by atoms with Crippen molar-refractivity contribution in [3.63, 3.8) is 0 Å². The largest absolute Gasteiger partial charge is 0.383 e. The number of carbonyl (C=O) groups excluding carboxylic acids is 2. The van der Waals surface area contributed by atoms with Gasteiger partial charge in [-0.2, -0.15) is 0 Å². The molecule has 0 bridgehead atoms. The minimum atomic E-state index is -0.592. The van der Waals surface area contributed by atoms with Gasteiger partial charge in [-0.3, -0.25) is 14.5 Å². The van der Waals surface area contributed by atoms with Gasteiger partial charge in [0.15, 0.2) is 0 Å². The molecule has 2 fully saturated rings. The van der Waals surface area contributed by atoms with Crippen LogP contribution in [0.2, 0.25) is 0 Å². The van der Waals surface area contributed by atoms with Gasteiger partial charge in [-0.15, -0.1) is 0 Å². The lowest BCUT2D eigenvalue weighted by Crippen LogP contribution is -2.59. The van der Waals surface area contributed by atoms with Crippen LogP contribution in [0.25, 0.3) is 0 Å². The number of benzene rings is 1. The van der Waals surface area contributed by atoms with Gasteiger partial charge in [-0.05, 0) is 6.07 Å². The molecule has 0 aliphatic carbocycles. The first-order valence-corrected chi connectivity index (χ1v) is 8.70. The number of nitrogens with one attached hydrogen (secondary N) is 1. The summed E-state index contributed by atoms with van der Waals surface area (Å²) in [5.74, 6) is -1.62. The molecule has 2 amide bonds. The summed E-state index contributed by atoms with van der Waals surface area (Å²) in [4.78, 5) is 28.0. The van der Waals surface area contributed by atoms with E-state index in [4.69, 9.17) is 4.74 Å². The Morgan fingerprint density at radius 3 is 2.77 bits per heavy atom. The van der Waals surface area contributed by atoms with E-state index in [0.717, 1.165) is 6.07 Å². The SMILES string of the molecule is COCCNC(=O)C1CC(=O)N(C2CN(Cc3ccc(F)cc3F)C2)C1. The molecule has 0 saturated carbocycles. The Bertz CT molecular complexity index is 680. The smallest absolute Gasteiger partial charge is 0.225 e. The zero-order valence-corrected chi connectivity index (χ0v) is 14.7. The molecule has 2 heterocycles. The number of likely N-dealkylation sites (tertiary alicyclic amines) is 2. The zero-order valence-electron chi connectivity index (χ0n) is 14.7. The maximum atomic E-state index is 13.7.